The second-order valence-electron chi connectivity index (χ2n) is 13.0. The fraction of sp³-hybridized carbons (Fsp3) is 0.353. The standard InChI is InChI=1S/C34H42N2O9P2/c1-23(31(37)41-33(3,4)5)35-46(39,43-29-21-13-17-25-15-9-11-19-27(25)29)45-47(40,36-24(2)32(38)42-34(6,7)8)44-30-22-14-18-26-16-10-12-20-28(26)30/h9-24H,1-8H3,(H,35,39)(H,36,40)/t23-,24-,46?,47?/m0/s1. The van der Waals surface area contributed by atoms with Gasteiger partial charge in [0.05, 0.1) is 0 Å². The molecular weight excluding hydrogens is 642 g/mol. The number of nitrogens with one attached hydrogen (secondary N) is 2. The average Bonchev–Trinajstić information content (AvgIpc) is 2.95. The van der Waals surface area contributed by atoms with Gasteiger partial charge in [-0.05, 0) is 78.3 Å². The summed E-state index contributed by atoms with van der Waals surface area (Å²) in [6.45, 7) is 12.9. The Hall–Kier alpha value is -3.72. The fourth-order valence-corrected chi connectivity index (χ4v) is 8.32. The summed E-state index contributed by atoms with van der Waals surface area (Å²) in [5, 5.41) is 7.84. The van der Waals surface area contributed by atoms with Gasteiger partial charge in [0, 0.05) is 10.8 Å². The lowest BCUT2D eigenvalue weighted by molar-refractivity contribution is -0.157. The minimum Gasteiger partial charge on any atom is -0.459 e. The Kier molecular flexibility index (Phi) is 10.9. The summed E-state index contributed by atoms with van der Waals surface area (Å²) in [4.78, 5) is 26.0. The zero-order chi connectivity index (χ0) is 34.6. The maximum atomic E-state index is 14.8. The Morgan fingerprint density at radius 1 is 0.574 bits per heavy atom. The van der Waals surface area contributed by atoms with E-state index in [1.165, 1.54) is 13.8 Å². The van der Waals surface area contributed by atoms with Gasteiger partial charge >= 0.3 is 27.4 Å². The topological polar surface area (TPSA) is 138 Å². The molecule has 4 rings (SSSR count). The highest BCUT2D eigenvalue weighted by molar-refractivity contribution is 7.65. The Morgan fingerprint density at radius 3 is 1.28 bits per heavy atom. The van der Waals surface area contributed by atoms with Crippen LogP contribution < -0.4 is 19.2 Å². The summed E-state index contributed by atoms with van der Waals surface area (Å²) in [5.41, 5.74) is -1.71. The molecule has 0 saturated heterocycles. The second kappa shape index (κ2) is 14.2. The Labute approximate surface area is 275 Å². The quantitative estimate of drug-likeness (QED) is 0.110. The number of hydrogen-bond donors (Lipinski definition) is 2. The van der Waals surface area contributed by atoms with Crippen LogP contribution in [-0.2, 0) is 32.5 Å². The highest BCUT2D eigenvalue weighted by atomic mass is 31.3. The van der Waals surface area contributed by atoms with Gasteiger partial charge in [0.15, 0.2) is 0 Å². The molecule has 2 N–H and O–H groups in total. The van der Waals surface area contributed by atoms with E-state index >= 15 is 0 Å². The van der Waals surface area contributed by atoms with Crippen molar-refractivity contribution in [3.8, 4) is 11.5 Å². The third-order valence-electron chi connectivity index (χ3n) is 6.38. The molecule has 2 unspecified atom stereocenters. The van der Waals surface area contributed by atoms with Crippen LogP contribution >= 0.6 is 15.5 Å². The van der Waals surface area contributed by atoms with E-state index in [2.05, 4.69) is 10.2 Å². The lowest BCUT2D eigenvalue weighted by Crippen LogP contribution is -2.40. The van der Waals surface area contributed by atoms with Gasteiger partial charge in [-0.15, -0.1) is 0 Å². The van der Waals surface area contributed by atoms with Gasteiger partial charge in [0.1, 0.15) is 34.8 Å². The number of esters is 2. The van der Waals surface area contributed by atoms with E-state index < -0.39 is 50.7 Å². The van der Waals surface area contributed by atoms with Crippen molar-refractivity contribution >= 4 is 49.0 Å². The van der Waals surface area contributed by atoms with Crippen LogP contribution in [0.3, 0.4) is 0 Å². The highest BCUT2D eigenvalue weighted by Crippen LogP contribution is 2.61. The molecule has 0 heterocycles. The molecular formula is C34H42N2O9P2. The molecule has 252 valence electrons. The molecule has 47 heavy (non-hydrogen) atoms. The molecule has 0 bridgehead atoms. The van der Waals surface area contributed by atoms with Crippen LogP contribution in [0.25, 0.3) is 21.5 Å². The highest BCUT2D eigenvalue weighted by Gasteiger charge is 2.45. The Morgan fingerprint density at radius 2 is 0.915 bits per heavy atom. The van der Waals surface area contributed by atoms with Gasteiger partial charge in [0.25, 0.3) is 0 Å². The van der Waals surface area contributed by atoms with E-state index in [4.69, 9.17) is 22.8 Å². The van der Waals surface area contributed by atoms with Gasteiger partial charge in [-0.3, -0.25) is 9.59 Å². The van der Waals surface area contributed by atoms with Crippen molar-refractivity contribution in [3.63, 3.8) is 0 Å². The van der Waals surface area contributed by atoms with Gasteiger partial charge in [-0.25, -0.2) is 9.13 Å². The molecule has 0 saturated carbocycles. The molecule has 4 atom stereocenters. The van der Waals surface area contributed by atoms with Gasteiger partial charge in [0.2, 0.25) is 0 Å². The third kappa shape index (κ3) is 10.1. The van der Waals surface area contributed by atoms with Gasteiger partial charge in [-0.2, -0.15) is 14.5 Å². The second-order valence-corrected chi connectivity index (χ2v) is 16.5. The molecule has 0 aliphatic carbocycles. The summed E-state index contributed by atoms with van der Waals surface area (Å²) in [6, 6.07) is 22.0. The van der Waals surface area contributed by atoms with Crippen molar-refractivity contribution < 1.29 is 41.6 Å². The van der Waals surface area contributed by atoms with Gasteiger partial charge in [-0.1, -0.05) is 72.8 Å². The van der Waals surface area contributed by atoms with E-state index in [0.29, 0.717) is 10.8 Å². The first-order valence-electron chi connectivity index (χ1n) is 15.1. The summed E-state index contributed by atoms with van der Waals surface area (Å²) in [7, 11) is -9.64. The number of carbonyl (C=O) groups excluding carboxylic acids is 2. The van der Waals surface area contributed by atoms with Crippen LogP contribution in [0, 0.1) is 0 Å². The summed E-state index contributed by atoms with van der Waals surface area (Å²) < 4.78 is 58.4. The monoisotopic (exact) mass is 684 g/mol. The van der Waals surface area contributed by atoms with E-state index in [-0.39, 0.29) is 11.5 Å². The fourth-order valence-electron chi connectivity index (χ4n) is 4.44. The number of hydrogen-bond acceptors (Lipinski definition) is 9. The number of ether oxygens (including phenoxy) is 2. The Balaban J connectivity index is 1.79. The molecule has 4 aromatic carbocycles. The van der Waals surface area contributed by atoms with Crippen LogP contribution in [0.2, 0.25) is 0 Å². The van der Waals surface area contributed by atoms with Crippen LogP contribution in [0.15, 0.2) is 84.9 Å². The maximum Gasteiger partial charge on any atom is 0.468 e. The summed E-state index contributed by atoms with van der Waals surface area (Å²) >= 11 is 0. The van der Waals surface area contributed by atoms with Crippen molar-refractivity contribution in [2.45, 2.75) is 78.7 Å². The molecule has 0 aliphatic heterocycles. The predicted molar refractivity (Wildman–Crippen MR) is 182 cm³/mol. The third-order valence-corrected chi connectivity index (χ3v) is 10.4. The van der Waals surface area contributed by atoms with Crippen molar-refractivity contribution in [3.05, 3.63) is 84.9 Å². The molecule has 0 amide bonds. The minimum absolute atomic E-state index is 0.118. The molecule has 13 heteroatoms. The first-order valence-corrected chi connectivity index (χ1v) is 18.2. The minimum atomic E-state index is -4.82. The van der Waals surface area contributed by atoms with Crippen LogP contribution in [-0.4, -0.2) is 35.2 Å². The van der Waals surface area contributed by atoms with Crippen molar-refractivity contribution in [1.82, 2.24) is 10.2 Å². The molecule has 0 aromatic heterocycles. The van der Waals surface area contributed by atoms with Crippen LogP contribution in [0.4, 0.5) is 0 Å². The largest absolute Gasteiger partial charge is 0.468 e. The average molecular weight is 685 g/mol. The molecule has 11 nitrogen and oxygen atoms in total. The normalized spacial score (nSPS) is 16.0. The molecule has 0 fully saturated rings. The lowest BCUT2D eigenvalue weighted by Gasteiger charge is -2.30. The van der Waals surface area contributed by atoms with Crippen molar-refractivity contribution in [2.24, 2.45) is 0 Å². The number of carbonyl (C=O) groups is 2. The zero-order valence-electron chi connectivity index (χ0n) is 27.8. The zero-order valence-corrected chi connectivity index (χ0v) is 29.6. The van der Waals surface area contributed by atoms with E-state index in [0.717, 1.165) is 10.8 Å². The SMILES string of the molecule is C[C@H](NP(=O)(Oc1cccc2ccccc12)OP(=O)(N[C@@H](C)C(=O)OC(C)(C)C)Oc1cccc2ccccc12)C(=O)OC(C)(C)C. The first-order chi connectivity index (χ1) is 21.9. The van der Waals surface area contributed by atoms with Crippen molar-refractivity contribution in [1.29, 1.82) is 0 Å². The van der Waals surface area contributed by atoms with E-state index in [1.54, 1.807) is 90.1 Å². The molecule has 0 spiro atoms. The van der Waals surface area contributed by atoms with Crippen LogP contribution in [0.5, 0.6) is 11.5 Å². The lowest BCUT2D eigenvalue weighted by atomic mass is 10.1. The van der Waals surface area contributed by atoms with E-state index in [9.17, 15) is 18.7 Å². The van der Waals surface area contributed by atoms with E-state index in [1.807, 2.05) is 36.4 Å². The van der Waals surface area contributed by atoms with Crippen molar-refractivity contribution in [2.75, 3.05) is 0 Å². The van der Waals surface area contributed by atoms with Crippen LogP contribution in [0.1, 0.15) is 55.4 Å². The Bertz CT molecular complexity index is 1710. The molecule has 4 aromatic rings. The van der Waals surface area contributed by atoms with Gasteiger partial charge < -0.3 is 18.5 Å². The number of fused-ring (bicyclic) bond motifs is 2. The summed E-state index contributed by atoms with van der Waals surface area (Å²) in [5.74, 6) is -1.29. The maximum absolute atomic E-state index is 14.8. The first kappa shape index (κ1) is 36.1. The predicted octanol–water partition coefficient (Wildman–Crippen LogP) is 8.32. The summed E-state index contributed by atoms with van der Waals surface area (Å²) in [6.07, 6.45) is 0. The number of benzene rings is 4. The molecule has 0 radical (unpaired) electrons. The number of rotatable bonds is 12. The molecule has 0 aliphatic rings. The smallest absolute Gasteiger partial charge is 0.459 e.